The average Bonchev–Trinajstić information content (AvgIpc) is 2.88. The molecule has 1 aliphatic rings. The van der Waals surface area contributed by atoms with Crippen LogP contribution in [0, 0.1) is 19.8 Å². The lowest BCUT2D eigenvalue weighted by Crippen LogP contribution is -2.50. The normalized spacial score (nSPS) is 20.3. The molecule has 0 saturated carbocycles. The maximum atomic E-state index is 12.4. The van der Waals surface area contributed by atoms with Crippen molar-refractivity contribution < 1.29 is 4.79 Å². The number of nitrogens with one attached hydrogen (secondary N) is 2. The van der Waals surface area contributed by atoms with E-state index in [-0.39, 0.29) is 24.4 Å². The van der Waals surface area contributed by atoms with Crippen molar-refractivity contribution in [1.82, 2.24) is 20.4 Å². The van der Waals surface area contributed by atoms with E-state index in [0.717, 1.165) is 36.6 Å². The number of piperidine rings is 1. The summed E-state index contributed by atoms with van der Waals surface area (Å²) in [6.07, 6.45) is 1.10. The monoisotopic (exact) mass is 348 g/mol. The number of halogens is 1. The van der Waals surface area contributed by atoms with Gasteiger partial charge in [-0.15, -0.1) is 12.4 Å². The van der Waals surface area contributed by atoms with Gasteiger partial charge in [0.25, 0.3) is 5.91 Å². The molecule has 5 nitrogen and oxygen atoms in total. The third kappa shape index (κ3) is 3.97. The minimum Gasteiger partial charge on any atom is -0.348 e. The van der Waals surface area contributed by atoms with Gasteiger partial charge in [0, 0.05) is 23.8 Å². The standard InChI is InChI=1S/C18H24N4O.ClH/c1-12-8-9-19-11-17(12)20-18(23)15-4-6-16(7-5-15)22-14(3)10-13(2)21-22;/h4-7,10,12,17,19H,8-9,11H2,1-3H3,(H,20,23);1H. The Kier molecular flexibility index (Phi) is 6.02. The molecule has 0 aliphatic carbocycles. The second-order valence-corrected chi connectivity index (χ2v) is 6.44. The molecule has 0 spiro atoms. The Balaban J connectivity index is 0.00000208. The number of hydrogen-bond acceptors (Lipinski definition) is 3. The van der Waals surface area contributed by atoms with Crippen molar-refractivity contribution >= 4 is 18.3 Å². The third-order valence-electron chi connectivity index (χ3n) is 4.53. The first-order valence-electron chi connectivity index (χ1n) is 8.20. The molecule has 1 aromatic heterocycles. The lowest BCUT2D eigenvalue weighted by Gasteiger charge is -2.30. The number of aromatic nitrogens is 2. The largest absolute Gasteiger partial charge is 0.348 e. The fourth-order valence-electron chi connectivity index (χ4n) is 3.08. The zero-order chi connectivity index (χ0) is 16.4. The van der Waals surface area contributed by atoms with Crippen LogP contribution in [0.15, 0.2) is 30.3 Å². The Bertz CT molecular complexity index is 696. The number of carbonyl (C=O) groups excluding carboxylic acids is 1. The number of aryl methyl sites for hydroxylation is 2. The van der Waals surface area contributed by atoms with Gasteiger partial charge in [-0.25, -0.2) is 4.68 Å². The number of hydrogen-bond donors (Lipinski definition) is 2. The van der Waals surface area contributed by atoms with Crippen LogP contribution in [0.25, 0.3) is 5.69 Å². The van der Waals surface area contributed by atoms with Crippen LogP contribution < -0.4 is 10.6 Å². The maximum Gasteiger partial charge on any atom is 0.251 e. The van der Waals surface area contributed by atoms with Crippen molar-refractivity contribution in [3.05, 3.63) is 47.3 Å². The van der Waals surface area contributed by atoms with Gasteiger partial charge in [-0.2, -0.15) is 5.10 Å². The van der Waals surface area contributed by atoms with Crippen molar-refractivity contribution in [3.63, 3.8) is 0 Å². The quantitative estimate of drug-likeness (QED) is 0.896. The van der Waals surface area contributed by atoms with Crippen LogP contribution in [0.4, 0.5) is 0 Å². The summed E-state index contributed by atoms with van der Waals surface area (Å²) in [7, 11) is 0. The predicted molar refractivity (Wildman–Crippen MR) is 98.2 cm³/mol. The van der Waals surface area contributed by atoms with Gasteiger partial charge in [0.05, 0.1) is 11.4 Å². The molecule has 2 aromatic rings. The van der Waals surface area contributed by atoms with Crippen molar-refractivity contribution in [2.45, 2.75) is 33.2 Å². The third-order valence-corrected chi connectivity index (χ3v) is 4.53. The molecule has 0 bridgehead atoms. The molecule has 1 fully saturated rings. The predicted octanol–water partition coefficient (Wildman–Crippen LogP) is 2.64. The first-order chi connectivity index (χ1) is 11.0. The fraction of sp³-hybridized carbons (Fsp3) is 0.444. The van der Waals surface area contributed by atoms with Crippen LogP contribution in [0.5, 0.6) is 0 Å². The lowest BCUT2D eigenvalue weighted by atomic mass is 9.94. The Morgan fingerprint density at radius 1 is 1.29 bits per heavy atom. The van der Waals surface area contributed by atoms with Crippen LogP contribution in [-0.2, 0) is 0 Å². The number of carbonyl (C=O) groups is 1. The first-order valence-corrected chi connectivity index (χ1v) is 8.20. The summed E-state index contributed by atoms with van der Waals surface area (Å²) in [5.41, 5.74) is 3.73. The van der Waals surface area contributed by atoms with Crippen LogP contribution in [0.3, 0.4) is 0 Å². The van der Waals surface area contributed by atoms with Gasteiger partial charge >= 0.3 is 0 Å². The Labute approximate surface area is 149 Å². The Morgan fingerprint density at radius 2 is 2.00 bits per heavy atom. The van der Waals surface area contributed by atoms with Crippen LogP contribution in [-0.4, -0.2) is 34.8 Å². The lowest BCUT2D eigenvalue weighted by molar-refractivity contribution is 0.0915. The summed E-state index contributed by atoms with van der Waals surface area (Å²) in [5, 5.41) is 10.9. The molecule has 1 aromatic carbocycles. The molecule has 1 amide bonds. The molecule has 2 unspecified atom stereocenters. The molecule has 3 rings (SSSR count). The highest BCUT2D eigenvalue weighted by molar-refractivity contribution is 5.94. The summed E-state index contributed by atoms with van der Waals surface area (Å²) in [6, 6.07) is 9.85. The first kappa shape index (κ1) is 18.5. The van der Waals surface area contributed by atoms with Crippen molar-refractivity contribution in [2.75, 3.05) is 13.1 Å². The van der Waals surface area contributed by atoms with Gasteiger partial charge in [-0.3, -0.25) is 4.79 Å². The van der Waals surface area contributed by atoms with Gasteiger partial charge in [0.15, 0.2) is 0 Å². The van der Waals surface area contributed by atoms with Gasteiger partial charge in [-0.05, 0) is 63.1 Å². The smallest absolute Gasteiger partial charge is 0.251 e. The number of rotatable bonds is 3. The fourth-order valence-corrected chi connectivity index (χ4v) is 3.08. The molecule has 130 valence electrons. The summed E-state index contributed by atoms with van der Waals surface area (Å²) in [4.78, 5) is 12.4. The zero-order valence-corrected chi connectivity index (χ0v) is 15.2. The number of nitrogens with zero attached hydrogens (tertiary/aromatic N) is 2. The van der Waals surface area contributed by atoms with E-state index in [1.54, 1.807) is 0 Å². The molecule has 2 N–H and O–H groups in total. The number of benzene rings is 1. The van der Waals surface area contributed by atoms with E-state index in [2.05, 4.69) is 22.7 Å². The number of amides is 1. The van der Waals surface area contributed by atoms with E-state index < -0.39 is 0 Å². The van der Waals surface area contributed by atoms with E-state index >= 15 is 0 Å². The molecule has 24 heavy (non-hydrogen) atoms. The molecule has 0 radical (unpaired) electrons. The Morgan fingerprint density at radius 3 is 2.58 bits per heavy atom. The molecule has 2 heterocycles. The molecular formula is C18H25ClN4O. The van der Waals surface area contributed by atoms with Gasteiger partial charge in [0.2, 0.25) is 0 Å². The van der Waals surface area contributed by atoms with E-state index in [9.17, 15) is 4.79 Å². The van der Waals surface area contributed by atoms with E-state index in [1.165, 1.54) is 0 Å². The summed E-state index contributed by atoms with van der Waals surface area (Å²) in [6.45, 7) is 8.07. The van der Waals surface area contributed by atoms with E-state index in [0.29, 0.717) is 11.5 Å². The summed E-state index contributed by atoms with van der Waals surface area (Å²) < 4.78 is 1.89. The Hall–Kier alpha value is -1.85. The highest BCUT2D eigenvalue weighted by Gasteiger charge is 2.23. The van der Waals surface area contributed by atoms with Gasteiger partial charge in [0.1, 0.15) is 0 Å². The molecular weight excluding hydrogens is 324 g/mol. The highest BCUT2D eigenvalue weighted by atomic mass is 35.5. The molecule has 6 heteroatoms. The van der Waals surface area contributed by atoms with Gasteiger partial charge in [-0.1, -0.05) is 6.92 Å². The maximum absolute atomic E-state index is 12.4. The van der Waals surface area contributed by atoms with Gasteiger partial charge < -0.3 is 10.6 Å². The zero-order valence-electron chi connectivity index (χ0n) is 14.4. The second-order valence-electron chi connectivity index (χ2n) is 6.44. The molecule has 1 saturated heterocycles. The minimum absolute atomic E-state index is 0. The molecule has 1 aliphatic heterocycles. The molecule has 2 atom stereocenters. The summed E-state index contributed by atoms with van der Waals surface area (Å²) in [5.74, 6) is 0.500. The average molecular weight is 349 g/mol. The van der Waals surface area contributed by atoms with E-state index in [4.69, 9.17) is 0 Å². The van der Waals surface area contributed by atoms with Crippen LogP contribution in [0.2, 0.25) is 0 Å². The summed E-state index contributed by atoms with van der Waals surface area (Å²) >= 11 is 0. The highest BCUT2D eigenvalue weighted by Crippen LogP contribution is 2.15. The topological polar surface area (TPSA) is 59.0 Å². The van der Waals surface area contributed by atoms with Crippen molar-refractivity contribution in [2.24, 2.45) is 5.92 Å². The van der Waals surface area contributed by atoms with E-state index in [1.807, 2.05) is 48.9 Å². The minimum atomic E-state index is -0.00883. The SMILES string of the molecule is Cc1cc(C)n(-c2ccc(C(=O)NC3CNCCC3C)cc2)n1.Cl. The van der Waals surface area contributed by atoms with Crippen molar-refractivity contribution in [3.8, 4) is 5.69 Å². The van der Waals surface area contributed by atoms with Crippen LogP contribution in [0.1, 0.15) is 35.1 Å². The second kappa shape index (κ2) is 7.81. The van der Waals surface area contributed by atoms with Crippen molar-refractivity contribution in [1.29, 1.82) is 0 Å². The van der Waals surface area contributed by atoms with Crippen LogP contribution >= 0.6 is 12.4 Å².